The second kappa shape index (κ2) is 5.03. The quantitative estimate of drug-likeness (QED) is 0.581. The molecule has 0 heterocycles. The fraction of sp³-hybridized carbons (Fsp3) is 0. The van der Waals surface area contributed by atoms with Crippen molar-refractivity contribution in [2.24, 2.45) is 4.99 Å². The zero-order chi connectivity index (χ0) is 11.2. The Kier molecular flexibility index (Phi) is 3.24. The average molecular weight is 208 g/mol. The number of nitrogens with zero attached hydrogens (tertiary/aromatic N) is 1. The van der Waals surface area contributed by atoms with E-state index in [-0.39, 0.29) is 5.84 Å². The minimum Gasteiger partial charge on any atom is -0.282 e. The van der Waals surface area contributed by atoms with E-state index in [0.29, 0.717) is 0 Å². The van der Waals surface area contributed by atoms with Crippen LogP contribution in [0.3, 0.4) is 0 Å². The third kappa shape index (κ3) is 2.64. The van der Waals surface area contributed by atoms with E-state index in [1.165, 1.54) is 0 Å². The molecule has 0 aliphatic carbocycles. The predicted molar refractivity (Wildman–Crippen MR) is 67.3 cm³/mol. The molecule has 0 unspecified atom stereocenters. The molecule has 0 spiro atoms. The van der Waals surface area contributed by atoms with Crippen LogP contribution in [0, 0.1) is 5.41 Å². The van der Waals surface area contributed by atoms with Gasteiger partial charge in [-0.2, -0.15) is 0 Å². The van der Waals surface area contributed by atoms with Crippen molar-refractivity contribution < 1.29 is 0 Å². The fourth-order valence-electron chi connectivity index (χ4n) is 1.35. The Balaban J connectivity index is 2.12. The van der Waals surface area contributed by atoms with Crippen molar-refractivity contribution in [2.75, 3.05) is 0 Å². The van der Waals surface area contributed by atoms with Gasteiger partial charge >= 0.3 is 0 Å². The largest absolute Gasteiger partial charge is 0.282 e. The molecule has 0 bridgehead atoms. The van der Waals surface area contributed by atoms with Crippen LogP contribution in [-0.2, 0) is 0 Å². The van der Waals surface area contributed by atoms with E-state index in [0.717, 1.165) is 11.1 Å². The van der Waals surface area contributed by atoms with Crippen molar-refractivity contribution in [1.82, 2.24) is 0 Å². The first kappa shape index (κ1) is 10.3. The molecule has 0 radical (unpaired) electrons. The van der Waals surface area contributed by atoms with Gasteiger partial charge in [0.25, 0.3) is 0 Å². The number of nitrogens with one attached hydrogen (secondary N) is 1. The second-order valence-corrected chi connectivity index (χ2v) is 3.38. The Morgan fingerprint density at radius 1 is 0.875 bits per heavy atom. The number of rotatable bonds is 2. The lowest BCUT2D eigenvalue weighted by Crippen LogP contribution is -1.95. The highest BCUT2D eigenvalue weighted by molar-refractivity contribution is 6.03. The number of hydrogen-bond donors (Lipinski definition) is 1. The minimum atomic E-state index is 0.282. The average Bonchev–Trinajstić information content (AvgIpc) is 2.38. The first-order chi connectivity index (χ1) is 7.86. The number of aliphatic imine (C=N–C) groups is 1. The molecule has 2 aromatic carbocycles. The van der Waals surface area contributed by atoms with E-state index in [2.05, 4.69) is 4.99 Å². The zero-order valence-corrected chi connectivity index (χ0v) is 8.80. The lowest BCUT2D eigenvalue weighted by Gasteiger charge is -1.96. The number of hydrogen-bond acceptors (Lipinski definition) is 1. The van der Waals surface area contributed by atoms with Crippen molar-refractivity contribution in [3.8, 4) is 0 Å². The molecule has 0 amide bonds. The van der Waals surface area contributed by atoms with Crippen LogP contribution in [0.25, 0.3) is 0 Å². The van der Waals surface area contributed by atoms with Gasteiger partial charge in [0.1, 0.15) is 0 Å². The molecule has 0 fully saturated rings. The molecule has 0 aromatic heterocycles. The molecular formula is C14H12N2. The molecule has 0 saturated heterocycles. The molecule has 0 saturated carbocycles. The van der Waals surface area contributed by atoms with Crippen molar-refractivity contribution in [2.45, 2.75) is 0 Å². The van der Waals surface area contributed by atoms with Crippen LogP contribution < -0.4 is 0 Å². The topological polar surface area (TPSA) is 36.2 Å². The summed E-state index contributed by atoms with van der Waals surface area (Å²) >= 11 is 0. The van der Waals surface area contributed by atoms with Gasteiger partial charge < -0.3 is 0 Å². The Labute approximate surface area is 94.8 Å². The molecule has 1 N–H and O–H groups in total. The fourth-order valence-corrected chi connectivity index (χ4v) is 1.35. The Hall–Kier alpha value is -2.22. The van der Waals surface area contributed by atoms with Crippen LogP contribution in [0.5, 0.6) is 0 Å². The van der Waals surface area contributed by atoms with Crippen molar-refractivity contribution in [3.05, 3.63) is 71.8 Å². The highest BCUT2D eigenvalue weighted by atomic mass is 14.8. The highest BCUT2D eigenvalue weighted by Gasteiger charge is 1.95. The van der Waals surface area contributed by atoms with Crippen molar-refractivity contribution in [3.63, 3.8) is 0 Å². The van der Waals surface area contributed by atoms with Gasteiger partial charge in [-0.1, -0.05) is 60.7 Å². The molecule has 0 aliphatic heterocycles. The summed E-state index contributed by atoms with van der Waals surface area (Å²) in [5, 5.41) is 7.78. The number of amidine groups is 1. The Morgan fingerprint density at radius 3 is 2.06 bits per heavy atom. The monoisotopic (exact) mass is 208 g/mol. The minimum absolute atomic E-state index is 0.282. The summed E-state index contributed by atoms with van der Waals surface area (Å²) in [6, 6.07) is 19.3. The highest BCUT2D eigenvalue weighted by Crippen LogP contribution is 2.01. The zero-order valence-electron chi connectivity index (χ0n) is 8.80. The molecule has 2 rings (SSSR count). The summed E-state index contributed by atoms with van der Waals surface area (Å²) in [5.41, 5.74) is 1.83. The van der Waals surface area contributed by atoms with E-state index < -0.39 is 0 Å². The van der Waals surface area contributed by atoms with Gasteiger partial charge in [-0.25, -0.2) is 4.99 Å². The second-order valence-electron chi connectivity index (χ2n) is 3.38. The molecule has 2 heteroatoms. The predicted octanol–water partition coefficient (Wildman–Crippen LogP) is 3.13. The first-order valence-electron chi connectivity index (χ1n) is 5.09. The van der Waals surface area contributed by atoms with E-state index in [1.807, 2.05) is 60.7 Å². The SMILES string of the molecule is N=C(N=Cc1ccccc1)c1ccccc1. The third-order valence-corrected chi connectivity index (χ3v) is 2.19. The van der Waals surface area contributed by atoms with Gasteiger partial charge in [-0.15, -0.1) is 0 Å². The summed E-state index contributed by atoms with van der Waals surface area (Å²) in [7, 11) is 0. The van der Waals surface area contributed by atoms with Crippen LogP contribution in [0.4, 0.5) is 0 Å². The number of benzene rings is 2. The molecular weight excluding hydrogens is 196 g/mol. The molecule has 78 valence electrons. The molecule has 0 aliphatic rings. The van der Waals surface area contributed by atoms with Crippen LogP contribution in [0.15, 0.2) is 65.7 Å². The summed E-state index contributed by atoms with van der Waals surface area (Å²) in [6.45, 7) is 0. The first-order valence-corrected chi connectivity index (χ1v) is 5.09. The lowest BCUT2D eigenvalue weighted by atomic mass is 10.2. The van der Waals surface area contributed by atoms with Gasteiger partial charge in [0.15, 0.2) is 5.84 Å². The maximum Gasteiger partial charge on any atom is 0.151 e. The molecule has 2 aromatic rings. The summed E-state index contributed by atoms with van der Waals surface area (Å²) < 4.78 is 0. The standard InChI is InChI=1S/C14H12N2/c15-14(13-9-5-2-6-10-13)16-11-12-7-3-1-4-8-12/h1-11,15H. The normalized spacial score (nSPS) is 10.5. The van der Waals surface area contributed by atoms with Crippen LogP contribution in [0.2, 0.25) is 0 Å². The Morgan fingerprint density at radius 2 is 1.44 bits per heavy atom. The maximum absolute atomic E-state index is 7.78. The van der Waals surface area contributed by atoms with Crippen LogP contribution in [0.1, 0.15) is 11.1 Å². The third-order valence-electron chi connectivity index (χ3n) is 2.19. The van der Waals surface area contributed by atoms with Gasteiger partial charge in [0.05, 0.1) is 0 Å². The molecule has 0 atom stereocenters. The summed E-state index contributed by atoms with van der Waals surface area (Å²) in [5.74, 6) is 0.282. The summed E-state index contributed by atoms with van der Waals surface area (Å²) in [6.07, 6.45) is 1.70. The smallest absolute Gasteiger partial charge is 0.151 e. The van der Waals surface area contributed by atoms with E-state index in [1.54, 1.807) is 6.21 Å². The summed E-state index contributed by atoms with van der Waals surface area (Å²) in [4.78, 5) is 4.12. The van der Waals surface area contributed by atoms with E-state index in [4.69, 9.17) is 5.41 Å². The maximum atomic E-state index is 7.78. The van der Waals surface area contributed by atoms with Gasteiger partial charge in [-0.3, -0.25) is 5.41 Å². The van der Waals surface area contributed by atoms with Crippen molar-refractivity contribution in [1.29, 1.82) is 5.41 Å². The lowest BCUT2D eigenvalue weighted by molar-refractivity contribution is 1.42. The van der Waals surface area contributed by atoms with E-state index >= 15 is 0 Å². The van der Waals surface area contributed by atoms with Crippen LogP contribution in [-0.4, -0.2) is 12.1 Å². The van der Waals surface area contributed by atoms with Gasteiger partial charge in [0, 0.05) is 11.8 Å². The molecule has 16 heavy (non-hydrogen) atoms. The van der Waals surface area contributed by atoms with Crippen LogP contribution >= 0.6 is 0 Å². The molecule has 2 nitrogen and oxygen atoms in total. The van der Waals surface area contributed by atoms with Crippen molar-refractivity contribution >= 4 is 12.1 Å². The Bertz CT molecular complexity index is 487. The van der Waals surface area contributed by atoms with Gasteiger partial charge in [0.2, 0.25) is 0 Å². The van der Waals surface area contributed by atoms with Gasteiger partial charge in [-0.05, 0) is 5.56 Å². The van der Waals surface area contributed by atoms with E-state index in [9.17, 15) is 0 Å².